The highest BCUT2D eigenvalue weighted by atomic mass is 19.1. The lowest BCUT2D eigenvalue weighted by Gasteiger charge is -2.16. The summed E-state index contributed by atoms with van der Waals surface area (Å²) < 4.78 is 24.6. The molecule has 0 aliphatic rings. The smallest absolute Gasteiger partial charge is 0.164 e. The molecule has 2 aromatic carbocycles. The number of fused-ring (bicyclic) bond motifs is 1. The third-order valence-electron chi connectivity index (χ3n) is 3.92. The van der Waals surface area contributed by atoms with Gasteiger partial charge in [0.25, 0.3) is 0 Å². The number of carbonyl (C=O) groups is 1. The molecule has 0 saturated heterocycles. The Hall–Kier alpha value is -2.95. The first-order valence-electron chi connectivity index (χ1n) is 7.88. The van der Waals surface area contributed by atoms with Gasteiger partial charge in [-0.25, -0.2) is 9.37 Å². The number of ketones is 1. The van der Waals surface area contributed by atoms with Crippen molar-refractivity contribution in [3.63, 3.8) is 0 Å². The Morgan fingerprint density at radius 1 is 1.16 bits per heavy atom. The molecule has 0 aliphatic carbocycles. The van der Waals surface area contributed by atoms with Crippen LogP contribution in [0.2, 0.25) is 0 Å². The molecule has 0 bridgehead atoms. The number of hydrogen-bond donors (Lipinski definition) is 0. The molecule has 0 fully saturated rings. The molecule has 5 heteroatoms. The fourth-order valence-corrected chi connectivity index (χ4v) is 2.73. The lowest BCUT2D eigenvalue weighted by Crippen LogP contribution is -2.07. The van der Waals surface area contributed by atoms with Crippen molar-refractivity contribution in [2.24, 2.45) is 0 Å². The average Bonchev–Trinajstić information content (AvgIpc) is 2.65. The van der Waals surface area contributed by atoms with E-state index in [0.717, 1.165) is 5.56 Å². The largest absolute Gasteiger partial charge is 0.497 e. The number of benzene rings is 2. The van der Waals surface area contributed by atoms with E-state index in [1.54, 1.807) is 25.3 Å². The van der Waals surface area contributed by atoms with Gasteiger partial charge in [-0.05, 0) is 30.7 Å². The lowest BCUT2D eigenvalue weighted by molar-refractivity contribution is 0.101. The van der Waals surface area contributed by atoms with Gasteiger partial charge in [-0.2, -0.15) is 0 Å². The molecule has 0 N–H and O–H groups in total. The number of carbonyl (C=O) groups excluding carboxylic acids is 1. The van der Waals surface area contributed by atoms with Crippen LogP contribution in [-0.2, 0) is 13.3 Å². The third-order valence-corrected chi connectivity index (χ3v) is 3.92. The predicted molar refractivity (Wildman–Crippen MR) is 93.9 cm³/mol. The normalized spacial score (nSPS) is 10.7. The summed E-state index contributed by atoms with van der Waals surface area (Å²) in [6, 6.07) is 14.7. The number of ether oxygens (including phenoxy) is 2. The highest BCUT2D eigenvalue weighted by molar-refractivity contribution is 6.09. The van der Waals surface area contributed by atoms with Gasteiger partial charge in [0.2, 0.25) is 0 Å². The first kappa shape index (κ1) is 16.9. The van der Waals surface area contributed by atoms with Gasteiger partial charge < -0.3 is 9.47 Å². The number of Topliss-reactive ketones (excluding diaryl/α,β-unsaturated/α-hetero) is 1. The van der Waals surface area contributed by atoms with Gasteiger partial charge >= 0.3 is 0 Å². The highest BCUT2D eigenvalue weighted by Crippen LogP contribution is 2.33. The van der Waals surface area contributed by atoms with Gasteiger partial charge in [0.05, 0.1) is 18.2 Å². The summed E-state index contributed by atoms with van der Waals surface area (Å²) in [6.07, 6.45) is 0. The topological polar surface area (TPSA) is 48.4 Å². The summed E-state index contributed by atoms with van der Waals surface area (Å²) >= 11 is 0. The first-order valence-corrected chi connectivity index (χ1v) is 7.88. The molecule has 4 nitrogen and oxygen atoms in total. The molecule has 1 aromatic heterocycles. The van der Waals surface area contributed by atoms with Gasteiger partial charge in [0.1, 0.15) is 24.7 Å². The molecule has 0 unspecified atom stereocenters. The molecule has 3 aromatic rings. The molecule has 0 radical (unpaired) electrons. The Bertz CT molecular complexity index is 910. The number of alkyl halides is 1. The van der Waals surface area contributed by atoms with E-state index in [9.17, 15) is 9.18 Å². The molecule has 0 aliphatic heterocycles. The van der Waals surface area contributed by atoms with Crippen LogP contribution in [0.15, 0.2) is 48.5 Å². The van der Waals surface area contributed by atoms with E-state index in [1.807, 2.05) is 30.3 Å². The zero-order valence-corrected chi connectivity index (χ0v) is 14.1. The zero-order chi connectivity index (χ0) is 17.8. The second kappa shape index (κ2) is 7.30. The molecule has 1 heterocycles. The number of rotatable bonds is 6. The van der Waals surface area contributed by atoms with E-state index < -0.39 is 6.67 Å². The standard InChI is InChI=1S/C20H18FNO3/c1-13(23)19-16-10-15(24-2)8-9-17(16)22-18(11-21)20(19)25-12-14-6-4-3-5-7-14/h3-10H,11-12H2,1-2H3. The zero-order valence-electron chi connectivity index (χ0n) is 14.1. The lowest BCUT2D eigenvalue weighted by atomic mass is 10.0. The van der Waals surface area contributed by atoms with Crippen molar-refractivity contribution >= 4 is 16.7 Å². The van der Waals surface area contributed by atoms with Crippen LogP contribution in [0.1, 0.15) is 28.5 Å². The van der Waals surface area contributed by atoms with E-state index in [1.165, 1.54) is 6.92 Å². The van der Waals surface area contributed by atoms with Crippen molar-refractivity contribution in [3.05, 3.63) is 65.4 Å². The van der Waals surface area contributed by atoms with E-state index in [4.69, 9.17) is 9.47 Å². The molecule has 3 rings (SSSR count). The van der Waals surface area contributed by atoms with Crippen molar-refractivity contribution in [2.75, 3.05) is 7.11 Å². The minimum Gasteiger partial charge on any atom is -0.497 e. The molecule has 128 valence electrons. The van der Waals surface area contributed by atoms with Gasteiger partial charge in [-0.3, -0.25) is 4.79 Å². The van der Waals surface area contributed by atoms with E-state index in [2.05, 4.69) is 4.98 Å². The second-order valence-electron chi connectivity index (χ2n) is 5.61. The minimum atomic E-state index is -0.813. The predicted octanol–water partition coefficient (Wildman–Crippen LogP) is 4.49. The van der Waals surface area contributed by atoms with Gasteiger partial charge in [0, 0.05) is 5.39 Å². The maximum atomic E-state index is 13.5. The number of pyridine rings is 1. The maximum absolute atomic E-state index is 13.5. The average molecular weight is 339 g/mol. The number of methoxy groups -OCH3 is 1. The van der Waals surface area contributed by atoms with Crippen LogP contribution in [0, 0.1) is 0 Å². The Kier molecular flexibility index (Phi) is 4.93. The Morgan fingerprint density at radius 2 is 1.92 bits per heavy atom. The Balaban J connectivity index is 2.13. The monoisotopic (exact) mass is 339 g/mol. The number of nitrogens with zero attached hydrogens (tertiary/aromatic N) is 1. The fourth-order valence-electron chi connectivity index (χ4n) is 2.73. The van der Waals surface area contributed by atoms with Crippen LogP contribution in [0.3, 0.4) is 0 Å². The van der Waals surface area contributed by atoms with Gasteiger partial charge in [-0.1, -0.05) is 30.3 Å². The van der Waals surface area contributed by atoms with Crippen molar-refractivity contribution < 1.29 is 18.7 Å². The van der Waals surface area contributed by atoms with Gasteiger partial charge in [-0.15, -0.1) is 0 Å². The highest BCUT2D eigenvalue weighted by Gasteiger charge is 2.20. The summed E-state index contributed by atoms with van der Waals surface area (Å²) in [6.45, 7) is 0.850. The van der Waals surface area contributed by atoms with Crippen molar-refractivity contribution in [3.8, 4) is 11.5 Å². The molecule has 0 saturated carbocycles. The molecule has 0 amide bonds. The molecular formula is C20H18FNO3. The number of halogens is 1. The number of hydrogen-bond acceptors (Lipinski definition) is 4. The van der Waals surface area contributed by atoms with Crippen LogP contribution in [-0.4, -0.2) is 17.9 Å². The van der Waals surface area contributed by atoms with Crippen LogP contribution < -0.4 is 9.47 Å². The van der Waals surface area contributed by atoms with Gasteiger partial charge in [0.15, 0.2) is 11.5 Å². The summed E-state index contributed by atoms with van der Waals surface area (Å²) in [4.78, 5) is 16.6. The SMILES string of the molecule is COc1ccc2nc(CF)c(OCc3ccccc3)c(C(C)=O)c2c1. The fraction of sp³-hybridized carbons (Fsp3) is 0.200. The summed E-state index contributed by atoms with van der Waals surface area (Å²) in [5, 5.41) is 0.590. The van der Waals surface area contributed by atoms with Crippen molar-refractivity contribution in [1.29, 1.82) is 0 Å². The van der Waals surface area contributed by atoms with Crippen molar-refractivity contribution in [2.45, 2.75) is 20.2 Å². The number of aromatic nitrogens is 1. The third kappa shape index (κ3) is 3.45. The molecule has 0 atom stereocenters. The molecular weight excluding hydrogens is 321 g/mol. The van der Waals surface area contributed by atoms with Crippen LogP contribution in [0.4, 0.5) is 4.39 Å². The van der Waals surface area contributed by atoms with Crippen molar-refractivity contribution in [1.82, 2.24) is 4.98 Å². The quantitative estimate of drug-likeness (QED) is 0.621. The Morgan fingerprint density at radius 3 is 2.56 bits per heavy atom. The Labute approximate surface area is 145 Å². The van der Waals surface area contributed by atoms with E-state index in [-0.39, 0.29) is 23.8 Å². The van der Waals surface area contributed by atoms with Crippen LogP contribution in [0.5, 0.6) is 11.5 Å². The van der Waals surface area contributed by atoms with Crippen LogP contribution in [0.25, 0.3) is 10.9 Å². The first-order chi connectivity index (χ1) is 12.1. The van der Waals surface area contributed by atoms with E-state index >= 15 is 0 Å². The summed E-state index contributed by atoms with van der Waals surface area (Å²) in [5.41, 5.74) is 1.91. The summed E-state index contributed by atoms with van der Waals surface area (Å²) in [5.74, 6) is 0.580. The maximum Gasteiger partial charge on any atom is 0.164 e. The molecule has 25 heavy (non-hydrogen) atoms. The second-order valence-corrected chi connectivity index (χ2v) is 5.61. The van der Waals surface area contributed by atoms with E-state index in [0.29, 0.717) is 22.2 Å². The molecule has 0 spiro atoms. The summed E-state index contributed by atoms with van der Waals surface area (Å²) in [7, 11) is 1.55. The minimum absolute atomic E-state index is 0.124. The van der Waals surface area contributed by atoms with Crippen LogP contribution >= 0.6 is 0 Å².